The molecule has 2 aromatic rings. The van der Waals surface area contributed by atoms with Crippen molar-refractivity contribution in [2.24, 2.45) is 5.14 Å². The molecule has 0 radical (unpaired) electrons. The van der Waals surface area contributed by atoms with Gasteiger partial charge in [0.25, 0.3) is 5.91 Å². The molecule has 1 aromatic carbocycles. The summed E-state index contributed by atoms with van der Waals surface area (Å²) in [6.07, 6.45) is 0. The van der Waals surface area contributed by atoms with E-state index in [0.717, 1.165) is 11.3 Å². The summed E-state index contributed by atoms with van der Waals surface area (Å²) in [4.78, 5) is 12.5. The topological polar surface area (TPSA) is 89.3 Å². The van der Waals surface area contributed by atoms with Crippen LogP contribution in [0.2, 0.25) is 0 Å². The Hall–Kier alpha value is -1.29. The molecule has 21 heavy (non-hydrogen) atoms. The van der Waals surface area contributed by atoms with E-state index in [2.05, 4.69) is 21.2 Å². The highest BCUT2D eigenvalue weighted by molar-refractivity contribution is 9.10. The number of rotatable bonds is 4. The van der Waals surface area contributed by atoms with Gasteiger partial charge >= 0.3 is 0 Å². The summed E-state index contributed by atoms with van der Waals surface area (Å²) in [5.41, 5.74) is 0.298. The number of thiophene rings is 1. The minimum absolute atomic E-state index is 0.0382. The maximum atomic E-state index is 13.1. The predicted octanol–water partition coefficient (Wildman–Crippen LogP) is 2.23. The monoisotopic (exact) mass is 392 g/mol. The van der Waals surface area contributed by atoms with Crippen LogP contribution in [-0.2, 0) is 16.6 Å². The van der Waals surface area contributed by atoms with E-state index in [1.807, 2.05) is 0 Å². The quantitative estimate of drug-likeness (QED) is 0.835. The number of hydrogen-bond acceptors (Lipinski definition) is 4. The number of carbonyl (C=O) groups excluding carboxylic acids is 1. The molecule has 5 nitrogen and oxygen atoms in total. The lowest BCUT2D eigenvalue weighted by Crippen LogP contribution is -2.22. The van der Waals surface area contributed by atoms with Gasteiger partial charge in [0, 0.05) is 10.4 Å². The number of benzene rings is 1. The Bertz CT molecular complexity index is 790. The van der Waals surface area contributed by atoms with E-state index < -0.39 is 15.8 Å². The molecule has 1 amide bonds. The standard InChI is InChI=1S/C12H10BrFN2O3S2/c13-9-5-7(1-3-10(9)14)12(17)16-6-8-2-4-11(20-8)21(15,18)19/h1-5H,6H2,(H,16,17)(H2,15,18,19). The minimum Gasteiger partial charge on any atom is -0.347 e. The van der Waals surface area contributed by atoms with E-state index in [1.54, 1.807) is 6.07 Å². The zero-order valence-electron chi connectivity index (χ0n) is 10.5. The average molecular weight is 393 g/mol. The first-order valence-electron chi connectivity index (χ1n) is 5.62. The Kier molecular flexibility index (Phi) is 4.77. The van der Waals surface area contributed by atoms with Crippen molar-refractivity contribution in [3.8, 4) is 0 Å². The van der Waals surface area contributed by atoms with Crippen LogP contribution in [0.1, 0.15) is 15.2 Å². The van der Waals surface area contributed by atoms with Crippen molar-refractivity contribution in [1.29, 1.82) is 0 Å². The third-order valence-electron chi connectivity index (χ3n) is 2.52. The zero-order chi connectivity index (χ0) is 15.6. The van der Waals surface area contributed by atoms with Gasteiger partial charge in [-0.15, -0.1) is 11.3 Å². The zero-order valence-corrected chi connectivity index (χ0v) is 13.7. The summed E-state index contributed by atoms with van der Waals surface area (Å²) >= 11 is 3.99. The van der Waals surface area contributed by atoms with E-state index in [0.29, 0.717) is 10.4 Å². The van der Waals surface area contributed by atoms with Crippen LogP contribution < -0.4 is 10.5 Å². The van der Waals surface area contributed by atoms with Crippen molar-refractivity contribution in [3.63, 3.8) is 0 Å². The van der Waals surface area contributed by atoms with Gasteiger partial charge < -0.3 is 5.32 Å². The van der Waals surface area contributed by atoms with Gasteiger partial charge in [-0.2, -0.15) is 0 Å². The Morgan fingerprint density at radius 1 is 1.33 bits per heavy atom. The van der Waals surface area contributed by atoms with E-state index in [9.17, 15) is 17.6 Å². The molecule has 0 atom stereocenters. The molecule has 0 bridgehead atoms. The van der Waals surface area contributed by atoms with Crippen LogP contribution in [0.25, 0.3) is 0 Å². The van der Waals surface area contributed by atoms with E-state index in [1.165, 1.54) is 24.3 Å². The van der Waals surface area contributed by atoms with Crippen LogP contribution in [0.3, 0.4) is 0 Å². The molecule has 3 N–H and O–H groups in total. The van der Waals surface area contributed by atoms with Crippen molar-refractivity contribution in [2.75, 3.05) is 0 Å². The summed E-state index contributed by atoms with van der Waals surface area (Å²) in [6.45, 7) is 0.161. The van der Waals surface area contributed by atoms with Crippen LogP contribution in [0.4, 0.5) is 4.39 Å². The Balaban J connectivity index is 2.04. The Labute approximate surface area is 133 Å². The number of hydrogen-bond donors (Lipinski definition) is 2. The molecule has 0 fully saturated rings. The van der Waals surface area contributed by atoms with Crippen LogP contribution in [0, 0.1) is 5.82 Å². The second-order valence-corrected chi connectivity index (χ2v) is 7.89. The SMILES string of the molecule is NS(=O)(=O)c1ccc(CNC(=O)c2ccc(F)c(Br)c2)s1. The molecule has 1 heterocycles. The average Bonchev–Trinajstić information content (AvgIpc) is 2.88. The molecule has 0 saturated heterocycles. The lowest BCUT2D eigenvalue weighted by atomic mass is 10.2. The lowest BCUT2D eigenvalue weighted by Gasteiger charge is -2.04. The largest absolute Gasteiger partial charge is 0.347 e. The first-order valence-corrected chi connectivity index (χ1v) is 8.78. The number of amides is 1. The first kappa shape index (κ1) is 16.1. The van der Waals surface area contributed by atoms with Crippen LogP contribution in [0.15, 0.2) is 39.0 Å². The summed E-state index contributed by atoms with van der Waals surface area (Å²) in [5.74, 6) is -0.844. The number of primary sulfonamides is 1. The van der Waals surface area contributed by atoms with Gasteiger partial charge in [0.15, 0.2) is 0 Å². The van der Waals surface area contributed by atoms with Crippen molar-refractivity contribution >= 4 is 43.2 Å². The molecule has 0 aliphatic heterocycles. The minimum atomic E-state index is -3.73. The number of carbonyl (C=O) groups is 1. The lowest BCUT2D eigenvalue weighted by molar-refractivity contribution is 0.0951. The fourth-order valence-electron chi connectivity index (χ4n) is 1.51. The summed E-state index contributed by atoms with van der Waals surface area (Å²) in [5, 5.41) is 7.62. The second kappa shape index (κ2) is 6.22. The molecule has 1 aromatic heterocycles. The molecule has 0 aliphatic carbocycles. The van der Waals surface area contributed by atoms with Gasteiger partial charge in [-0.3, -0.25) is 4.79 Å². The molecule has 0 spiro atoms. The highest BCUT2D eigenvalue weighted by Crippen LogP contribution is 2.20. The molecule has 112 valence electrons. The number of halogens is 2. The summed E-state index contributed by atoms with van der Waals surface area (Å²) in [6, 6.07) is 6.87. The summed E-state index contributed by atoms with van der Waals surface area (Å²) in [7, 11) is -3.73. The van der Waals surface area contributed by atoms with Gasteiger partial charge in [-0.1, -0.05) is 0 Å². The van der Waals surface area contributed by atoms with Gasteiger partial charge in [0.05, 0.1) is 11.0 Å². The molecular formula is C12H10BrFN2O3S2. The summed E-state index contributed by atoms with van der Waals surface area (Å²) < 4.78 is 35.6. The molecule has 0 saturated carbocycles. The Morgan fingerprint density at radius 3 is 2.62 bits per heavy atom. The molecule has 2 rings (SSSR count). The fourth-order valence-corrected chi connectivity index (χ4v) is 3.61. The van der Waals surface area contributed by atoms with Crippen LogP contribution >= 0.6 is 27.3 Å². The highest BCUT2D eigenvalue weighted by atomic mass is 79.9. The number of sulfonamides is 1. The van der Waals surface area contributed by atoms with Crippen molar-refractivity contribution < 1.29 is 17.6 Å². The first-order chi connectivity index (χ1) is 9.77. The van der Waals surface area contributed by atoms with Gasteiger partial charge in [-0.25, -0.2) is 17.9 Å². The molecule has 0 aliphatic rings. The molecule has 0 unspecified atom stereocenters. The Morgan fingerprint density at radius 2 is 2.05 bits per heavy atom. The van der Waals surface area contributed by atoms with Crippen LogP contribution in [-0.4, -0.2) is 14.3 Å². The third kappa shape index (κ3) is 4.10. The van der Waals surface area contributed by atoms with Crippen molar-refractivity contribution in [1.82, 2.24) is 5.32 Å². The van der Waals surface area contributed by atoms with Crippen molar-refractivity contribution in [3.05, 3.63) is 51.1 Å². The van der Waals surface area contributed by atoms with Gasteiger partial charge in [0.1, 0.15) is 10.0 Å². The number of nitrogens with two attached hydrogens (primary N) is 1. The highest BCUT2D eigenvalue weighted by Gasteiger charge is 2.12. The van der Waals surface area contributed by atoms with E-state index >= 15 is 0 Å². The van der Waals surface area contributed by atoms with E-state index in [4.69, 9.17) is 5.14 Å². The van der Waals surface area contributed by atoms with Crippen molar-refractivity contribution in [2.45, 2.75) is 10.8 Å². The predicted molar refractivity (Wildman–Crippen MR) is 81.0 cm³/mol. The molecular weight excluding hydrogens is 383 g/mol. The maximum absolute atomic E-state index is 13.1. The fraction of sp³-hybridized carbons (Fsp3) is 0.0833. The maximum Gasteiger partial charge on any atom is 0.251 e. The van der Waals surface area contributed by atoms with Crippen LogP contribution in [0.5, 0.6) is 0 Å². The van der Waals surface area contributed by atoms with Gasteiger partial charge in [-0.05, 0) is 46.3 Å². The second-order valence-electron chi connectivity index (χ2n) is 4.08. The van der Waals surface area contributed by atoms with E-state index in [-0.39, 0.29) is 21.1 Å². The normalized spacial score (nSPS) is 11.4. The smallest absolute Gasteiger partial charge is 0.251 e. The third-order valence-corrected chi connectivity index (χ3v) is 5.65. The molecule has 9 heteroatoms. The van der Waals surface area contributed by atoms with Gasteiger partial charge in [0.2, 0.25) is 10.0 Å². The number of nitrogens with one attached hydrogen (secondary N) is 1.